The summed E-state index contributed by atoms with van der Waals surface area (Å²) in [5.41, 5.74) is 1.75. The highest BCUT2D eigenvalue weighted by Crippen LogP contribution is 2.39. The van der Waals surface area contributed by atoms with Crippen LogP contribution in [0.15, 0.2) is 46.9 Å². The summed E-state index contributed by atoms with van der Waals surface area (Å²) in [7, 11) is -0.833. The Balaban J connectivity index is 2.30. The van der Waals surface area contributed by atoms with Crippen LogP contribution in [0.5, 0.6) is 11.5 Å². The third-order valence-corrected chi connectivity index (χ3v) is 5.19. The lowest BCUT2D eigenvalue weighted by molar-refractivity contribution is 0.0864. The van der Waals surface area contributed by atoms with Crippen LogP contribution in [0.1, 0.15) is 49.7 Å². The van der Waals surface area contributed by atoms with Crippen molar-refractivity contribution >= 4 is 30.8 Å². The van der Waals surface area contributed by atoms with E-state index >= 15 is 0 Å². The van der Waals surface area contributed by atoms with E-state index in [4.69, 9.17) is 9.16 Å². The van der Waals surface area contributed by atoms with Crippen molar-refractivity contribution in [3.05, 3.63) is 58.1 Å². The van der Waals surface area contributed by atoms with Crippen LogP contribution in [0.4, 0.5) is 0 Å². The fourth-order valence-electron chi connectivity index (χ4n) is 2.65. The largest absolute Gasteiger partial charge is 0.456 e. The van der Waals surface area contributed by atoms with Gasteiger partial charge in [-0.1, -0.05) is 32.9 Å². The first-order valence-corrected chi connectivity index (χ1v) is 11.8. The van der Waals surface area contributed by atoms with Crippen molar-refractivity contribution in [3.8, 4) is 11.5 Å². The maximum absolute atomic E-state index is 11.5. The summed E-state index contributed by atoms with van der Waals surface area (Å²) in [5, 5.41) is 0. The van der Waals surface area contributed by atoms with E-state index in [9.17, 15) is 4.79 Å². The van der Waals surface area contributed by atoms with Crippen molar-refractivity contribution in [1.29, 1.82) is 0 Å². The standard InChI is InChI=1S/C21H26BrO3Si/c1-14(23)15-10-11-19(18(22)13-15)24-17-9-7-8-16(12-17)20(21(2,3)4)25-26(5)6/h7-13,20H,1-6H3. The first-order valence-electron chi connectivity index (χ1n) is 8.63. The number of Topliss-reactive ketones (excluding diaryl/α,β-unsaturated/α-hetero) is 1. The van der Waals surface area contributed by atoms with Gasteiger partial charge in [0.2, 0.25) is 9.04 Å². The molecule has 139 valence electrons. The first-order chi connectivity index (χ1) is 12.1. The molecule has 0 saturated heterocycles. The van der Waals surface area contributed by atoms with Crippen LogP contribution in [0.2, 0.25) is 13.1 Å². The molecule has 0 bridgehead atoms. The summed E-state index contributed by atoms with van der Waals surface area (Å²) in [6, 6.07) is 13.4. The van der Waals surface area contributed by atoms with Crippen LogP contribution in [0.3, 0.4) is 0 Å². The number of hydrogen-bond acceptors (Lipinski definition) is 3. The average Bonchev–Trinajstić information content (AvgIpc) is 2.53. The van der Waals surface area contributed by atoms with Crippen LogP contribution < -0.4 is 4.74 Å². The normalized spacial score (nSPS) is 12.9. The maximum atomic E-state index is 11.5. The van der Waals surface area contributed by atoms with Crippen LogP contribution in [-0.2, 0) is 4.43 Å². The zero-order valence-electron chi connectivity index (χ0n) is 16.2. The first kappa shape index (κ1) is 20.9. The summed E-state index contributed by atoms with van der Waals surface area (Å²) in [5.74, 6) is 1.45. The van der Waals surface area contributed by atoms with Crippen LogP contribution in [0, 0.1) is 5.41 Å². The van der Waals surface area contributed by atoms with Gasteiger partial charge >= 0.3 is 0 Å². The number of rotatable bonds is 6. The predicted molar refractivity (Wildman–Crippen MR) is 111 cm³/mol. The zero-order valence-corrected chi connectivity index (χ0v) is 18.8. The SMILES string of the molecule is CC(=O)c1ccc(Oc2cccc(C(O[Si](C)C)C(C)(C)C)c2)c(Br)c1. The monoisotopic (exact) mass is 433 g/mol. The second kappa shape index (κ2) is 8.50. The summed E-state index contributed by atoms with van der Waals surface area (Å²) in [6.07, 6.45) is 0.0125. The third-order valence-electron chi connectivity index (χ3n) is 3.87. The van der Waals surface area contributed by atoms with Crippen molar-refractivity contribution in [2.75, 3.05) is 0 Å². The number of carbonyl (C=O) groups is 1. The minimum absolute atomic E-state index is 0.00964. The fraction of sp³-hybridized carbons (Fsp3) is 0.381. The molecule has 1 radical (unpaired) electrons. The zero-order chi connectivity index (χ0) is 19.5. The minimum Gasteiger partial charge on any atom is -0.456 e. The quantitative estimate of drug-likeness (QED) is 0.371. The molecule has 0 aliphatic heterocycles. The van der Waals surface area contributed by atoms with Crippen molar-refractivity contribution in [3.63, 3.8) is 0 Å². The van der Waals surface area contributed by atoms with Crippen LogP contribution in [0.25, 0.3) is 0 Å². The molecule has 26 heavy (non-hydrogen) atoms. The average molecular weight is 434 g/mol. The lowest BCUT2D eigenvalue weighted by atomic mass is 9.85. The van der Waals surface area contributed by atoms with E-state index in [1.165, 1.54) is 0 Å². The Morgan fingerprint density at radius 2 is 1.81 bits per heavy atom. The van der Waals surface area contributed by atoms with Crippen molar-refractivity contribution in [2.45, 2.75) is 46.9 Å². The molecule has 0 aliphatic carbocycles. The Hall–Kier alpha value is -1.43. The highest BCUT2D eigenvalue weighted by molar-refractivity contribution is 9.10. The van der Waals surface area contributed by atoms with Gasteiger partial charge in [0.1, 0.15) is 11.5 Å². The molecule has 0 spiro atoms. The van der Waals surface area contributed by atoms with Crippen molar-refractivity contribution < 1.29 is 14.0 Å². The number of ether oxygens (including phenoxy) is 1. The Morgan fingerprint density at radius 3 is 2.35 bits per heavy atom. The molecule has 0 amide bonds. The van der Waals surface area contributed by atoms with E-state index in [0.29, 0.717) is 11.3 Å². The topological polar surface area (TPSA) is 35.5 Å². The summed E-state index contributed by atoms with van der Waals surface area (Å²) < 4.78 is 13.1. The smallest absolute Gasteiger partial charge is 0.205 e. The van der Waals surface area contributed by atoms with Gasteiger partial charge in [-0.25, -0.2) is 0 Å². The number of hydrogen-bond donors (Lipinski definition) is 0. The molecule has 1 unspecified atom stereocenters. The van der Waals surface area contributed by atoms with Gasteiger partial charge < -0.3 is 9.16 Å². The van der Waals surface area contributed by atoms with Crippen LogP contribution in [-0.4, -0.2) is 14.8 Å². The number of carbonyl (C=O) groups excluding carboxylic acids is 1. The van der Waals surface area contributed by atoms with E-state index in [0.717, 1.165) is 15.8 Å². The molecule has 0 aromatic heterocycles. The Bertz CT molecular complexity index is 781. The van der Waals surface area contributed by atoms with Gasteiger partial charge in [-0.15, -0.1) is 0 Å². The molecule has 3 nitrogen and oxygen atoms in total. The molecule has 0 fully saturated rings. The minimum atomic E-state index is -0.833. The van der Waals surface area contributed by atoms with Crippen molar-refractivity contribution in [2.24, 2.45) is 5.41 Å². The van der Waals surface area contributed by atoms with Gasteiger partial charge in [0.15, 0.2) is 5.78 Å². The van der Waals surface area contributed by atoms with Gasteiger partial charge in [0.25, 0.3) is 0 Å². The van der Waals surface area contributed by atoms with Crippen LogP contribution >= 0.6 is 15.9 Å². The Labute approximate surface area is 166 Å². The maximum Gasteiger partial charge on any atom is 0.205 e. The molecular weight excluding hydrogens is 408 g/mol. The summed E-state index contributed by atoms with van der Waals surface area (Å²) in [4.78, 5) is 11.5. The highest BCUT2D eigenvalue weighted by Gasteiger charge is 2.28. The van der Waals surface area contributed by atoms with Crippen molar-refractivity contribution in [1.82, 2.24) is 0 Å². The number of halogens is 1. The molecular formula is C21H26BrO3Si. The second-order valence-electron chi connectivity index (χ2n) is 7.65. The molecule has 0 aliphatic rings. The summed E-state index contributed by atoms with van der Waals surface area (Å²) >= 11 is 3.49. The number of benzene rings is 2. The highest BCUT2D eigenvalue weighted by atomic mass is 79.9. The van der Waals surface area contributed by atoms with E-state index in [2.05, 4.69) is 55.9 Å². The van der Waals surface area contributed by atoms with Gasteiger partial charge in [-0.2, -0.15) is 0 Å². The Morgan fingerprint density at radius 1 is 1.12 bits per heavy atom. The molecule has 2 rings (SSSR count). The van der Waals surface area contributed by atoms with Gasteiger partial charge in [-0.3, -0.25) is 4.79 Å². The summed E-state index contributed by atoms with van der Waals surface area (Å²) in [6.45, 7) is 12.4. The van der Waals surface area contributed by atoms with E-state index in [-0.39, 0.29) is 17.3 Å². The van der Waals surface area contributed by atoms with Gasteiger partial charge in [-0.05, 0) is 77.3 Å². The number of ketones is 1. The molecule has 0 heterocycles. The Kier molecular flexibility index (Phi) is 6.83. The van der Waals surface area contributed by atoms with E-state index in [1.807, 2.05) is 24.3 Å². The molecule has 0 N–H and O–H groups in total. The molecule has 5 heteroatoms. The van der Waals surface area contributed by atoms with E-state index < -0.39 is 9.04 Å². The van der Waals surface area contributed by atoms with Gasteiger partial charge in [0, 0.05) is 5.56 Å². The van der Waals surface area contributed by atoms with Gasteiger partial charge in [0.05, 0.1) is 10.6 Å². The lowest BCUT2D eigenvalue weighted by Gasteiger charge is -2.33. The predicted octanol–water partition coefficient (Wildman–Crippen LogP) is 6.80. The third kappa shape index (κ3) is 5.53. The van der Waals surface area contributed by atoms with E-state index in [1.54, 1.807) is 19.1 Å². The molecule has 0 saturated carbocycles. The fourth-order valence-corrected chi connectivity index (χ4v) is 4.07. The molecule has 2 aromatic carbocycles. The second-order valence-corrected chi connectivity index (χ2v) is 10.6. The lowest BCUT2D eigenvalue weighted by Crippen LogP contribution is -2.25. The molecule has 1 atom stereocenters. The molecule has 2 aromatic rings.